The minimum absolute atomic E-state index is 0.00467. The third kappa shape index (κ3) is 4.68. The van der Waals surface area contributed by atoms with Crippen LogP contribution in [0.1, 0.15) is 69.8 Å². The molecule has 0 spiro atoms. The summed E-state index contributed by atoms with van der Waals surface area (Å²) in [5, 5.41) is 9.23. The standard InChI is InChI=1S/C17H27N3O2/c1-17(2,3)14(11-12-7-5-4-6-8-12)18-16(22)13-9-10-15(21)20-19-13/h9-10,12,14H,4-8,11H2,1-3H3,(H,18,22)(H,20,21)/t14-/m0/s1. The fourth-order valence-corrected chi connectivity index (χ4v) is 3.09. The molecule has 1 aromatic heterocycles. The van der Waals surface area contributed by atoms with Gasteiger partial charge in [-0.3, -0.25) is 9.59 Å². The van der Waals surface area contributed by atoms with Crippen LogP contribution < -0.4 is 10.9 Å². The van der Waals surface area contributed by atoms with Crippen molar-refractivity contribution in [1.29, 1.82) is 0 Å². The molecule has 0 unspecified atom stereocenters. The molecule has 0 aromatic carbocycles. The van der Waals surface area contributed by atoms with Gasteiger partial charge in [0.25, 0.3) is 11.5 Å². The fraction of sp³-hybridized carbons (Fsp3) is 0.706. The highest BCUT2D eigenvalue weighted by Gasteiger charge is 2.30. The lowest BCUT2D eigenvalue weighted by atomic mass is 9.77. The number of amides is 1. The summed E-state index contributed by atoms with van der Waals surface area (Å²) in [6, 6.07) is 2.90. The third-order valence-corrected chi connectivity index (χ3v) is 4.56. The second-order valence-corrected chi connectivity index (χ2v) is 7.44. The van der Waals surface area contributed by atoms with Gasteiger partial charge >= 0.3 is 0 Å². The fourth-order valence-electron chi connectivity index (χ4n) is 3.09. The number of carbonyl (C=O) groups is 1. The molecule has 1 aliphatic carbocycles. The Hall–Kier alpha value is -1.65. The Morgan fingerprint density at radius 3 is 2.55 bits per heavy atom. The number of hydrogen-bond donors (Lipinski definition) is 2. The molecule has 0 aliphatic heterocycles. The minimum Gasteiger partial charge on any atom is -0.347 e. The Balaban J connectivity index is 2.04. The molecule has 1 atom stereocenters. The van der Waals surface area contributed by atoms with Crippen LogP contribution in [0.3, 0.4) is 0 Å². The number of carbonyl (C=O) groups excluding carboxylic acids is 1. The number of aromatic nitrogens is 2. The van der Waals surface area contributed by atoms with Crippen LogP contribution in [0.15, 0.2) is 16.9 Å². The molecule has 0 bridgehead atoms. The van der Waals surface area contributed by atoms with E-state index in [9.17, 15) is 9.59 Å². The molecule has 1 amide bonds. The van der Waals surface area contributed by atoms with Crippen LogP contribution in [0.2, 0.25) is 0 Å². The number of hydrogen-bond acceptors (Lipinski definition) is 3. The number of nitrogens with one attached hydrogen (secondary N) is 2. The second kappa shape index (κ2) is 7.07. The van der Waals surface area contributed by atoms with E-state index in [1.807, 2.05) is 0 Å². The van der Waals surface area contributed by atoms with E-state index in [4.69, 9.17) is 0 Å². The maximum atomic E-state index is 12.4. The molecule has 22 heavy (non-hydrogen) atoms. The zero-order chi connectivity index (χ0) is 16.2. The SMILES string of the molecule is CC(C)(C)[C@H](CC1CCCCC1)NC(=O)c1ccc(=O)[nH]n1. The molecule has 0 radical (unpaired) electrons. The van der Waals surface area contributed by atoms with Gasteiger partial charge in [0.05, 0.1) is 0 Å². The molecule has 0 saturated heterocycles. The Labute approximate surface area is 131 Å². The van der Waals surface area contributed by atoms with Gasteiger partial charge in [0.15, 0.2) is 0 Å². The monoisotopic (exact) mass is 305 g/mol. The van der Waals surface area contributed by atoms with Crippen LogP contribution in [0.5, 0.6) is 0 Å². The molecule has 1 fully saturated rings. The maximum Gasteiger partial charge on any atom is 0.271 e. The van der Waals surface area contributed by atoms with Crippen LogP contribution in [0, 0.1) is 11.3 Å². The predicted octanol–water partition coefficient (Wildman–Crippen LogP) is 2.88. The highest BCUT2D eigenvalue weighted by Crippen LogP contribution is 2.32. The van der Waals surface area contributed by atoms with Crippen molar-refractivity contribution < 1.29 is 4.79 Å². The van der Waals surface area contributed by atoms with E-state index in [-0.39, 0.29) is 28.6 Å². The largest absolute Gasteiger partial charge is 0.347 e. The van der Waals surface area contributed by atoms with Gasteiger partial charge < -0.3 is 5.32 Å². The number of nitrogens with zero attached hydrogens (tertiary/aromatic N) is 1. The summed E-state index contributed by atoms with van der Waals surface area (Å²) >= 11 is 0. The Morgan fingerprint density at radius 2 is 2.00 bits per heavy atom. The van der Waals surface area contributed by atoms with Gasteiger partial charge in [0.1, 0.15) is 5.69 Å². The van der Waals surface area contributed by atoms with Crippen molar-refractivity contribution in [2.45, 2.75) is 65.3 Å². The molecule has 2 rings (SSSR count). The van der Waals surface area contributed by atoms with Crippen molar-refractivity contribution in [2.24, 2.45) is 11.3 Å². The molecule has 5 heteroatoms. The predicted molar refractivity (Wildman–Crippen MR) is 86.8 cm³/mol. The quantitative estimate of drug-likeness (QED) is 0.898. The van der Waals surface area contributed by atoms with E-state index < -0.39 is 0 Å². The molecule has 5 nitrogen and oxygen atoms in total. The molecular formula is C17H27N3O2. The van der Waals surface area contributed by atoms with Crippen LogP contribution in [0.25, 0.3) is 0 Å². The normalized spacial score (nSPS) is 18.0. The van der Waals surface area contributed by atoms with Crippen molar-refractivity contribution in [1.82, 2.24) is 15.5 Å². The van der Waals surface area contributed by atoms with Crippen molar-refractivity contribution in [2.75, 3.05) is 0 Å². The zero-order valence-corrected chi connectivity index (χ0v) is 13.8. The first kappa shape index (κ1) is 16.7. The third-order valence-electron chi connectivity index (χ3n) is 4.56. The zero-order valence-electron chi connectivity index (χ0n) is 13.8. The smallest absolute Gasteiger partial charge is 0.271 e. The van der Waals surface area contributed by atoms with E-state index in [1.54, 1.807) is 0 Å². The average molecular weight is 305 g/mol. The molecule has 1 saturated carbocycles. The summed E-state index contributed by atoms with van der Waals surface area (Å²) in [5.41, 5.74) is -0.0430. The molecular weight excluding hydrogens is 278 g/mol. The van der Waals surface area contributed by atoms with Gasteiger partial charge in [-0.2, -0.15) is 5.10 Å². The van der Waals surface area contributed by atoms with Gasteiger partial charge in [-0.05, 0) is 23.8 Å². The molecule has 122 valence electrons. The highest BCUT2D eigenvalue weighted by atomic mass is 16.2. The summed E-state index contributed by atoms with van der Waals surface area (Å²) in [4.78, 5) is 23.4. The first-order valence-corrected chi connectivity index (χ1v) is 8.23. The second-order valence-electron chi connectivity index (χ2n) is 7.44. The van der Waals surface area contributed by atoms with Gasteiger partial charge in [-0.15, -0.1) is 0 Å². The van der Waals surface area contributed by atoms with Gasteiger partial charge in [-0.1, -0.05) is 52.9 Å². The number of aromatic amines is 1. The van der Waals surface area contributed by atoms with Crippen LogP contribution in [0.4, 0.5) is 0 Å². The van der Waals surface area contributed by atoms with Gasteiger partial charge in [0, 0.05) is 12.1 Å². The topological polar surface area (TPSA) is 74.8 Å². The first-order chi connectivity index (χ1) is 10.4. The van der Waals surface area contributed by atoms with E-state index in [0.29, 0.717) is 5.92 Å². The van der Waals surface area contributed by atoms with Crippen molar-refractivity contribution in [3.05, 3.63) is 28.2 Å². The van der Waals surface area contributed by atoms with E-state index >= 15 is 0 Å². The lowest BCUT2D eigenvalue weighted by molar-refractivity contribution is 0.0875. The van der Waals surface area contributed by atoms with Crippen LogP contribution in [-0.2, 0) is 0 Å². The lowest BCUT2D eigenvalue weighted by Crippen LogP contribution is -2.45. The van der Waals surface area contributed by atoms with Crippen LogP contribution >= 0.6 is 0 Å². The highest BCUT2D eigenvalue weighted by molar-refractivity contribution is 5.92. The van der Waals surface area contributed by atoms with E-state index in [1.165, 1.54) is 44.2 Å². The Bertz CT molecular complexity index is 533. The summed E-state index contributed by atoms with van der Waals surface area (Å²) < 4.78 is 0. The van der Waals surface area contributed by atoms with Gasteiger partial charge in [0.2, 0.25) is 0 Å². The summed E-state index contributed by atoms with van der Waals surface area (Å²) in [6.07, 6.45) is 7.48. The van der Waals surface area contributed by atoms with Gasteiger partial charge in [-0.25, -0.2) is 5.10 Å². The summed E-state index contributed by atoms with van der Waals surface area (Å²) in [6.45, 7) is 6.46. The van der Waals surface area contributed by atoms with Crippen molar-refractivity contribution in [3.63, 3.8) is 0 Å². The Morgan fingerprint density at radius 1 is 1.32 bits per heavy atom. The molecule has 1 aliphatic rings. The minimum atomic E-state index is -0.300. The maximum absolute atomic E-state index is 12.4. The van der Waals surface area contributed by atoms with Crippen molar-refractivity contribution in [3.8, 4) is 0 Å². The number of H-pyrrole nitrogens is 1. The van der Waals surface area contributed by atoms with Crippen LogP contribution in [-0.4, -0.2) is 22.1 Å². The Kier molecular flexibility index (Phi) is 5.37. The number of rotatable bonds is 4. The molecule has 2 N–H and O–H groups in total. The average Bonchev–Trinajstić information content (AvgIpc) is 2.47. The lowest BCUT2D eigenvalue weighted by Gasteiger charge is -2.35. The van der Waals surface area contributed by atoms with Crippen molar-refractivity contribution >= 4 is 5.91 Å². The van der Waals surface area contributed by atoms with E-state index in [0.717, 1.165) is 6.42 Å². The van der Waals surface area contributed by atoms with E-state index in [2.05, 4.69) is 36.3 Å². The first-order valence-electron chi connectivity index (χ1n) is 8.23. The summed E-state index contributed by atoms with van der Waals surface area (Å²) in [5.74, 6) is 0.480. The summed E-state index contributed by atoms with van der Waals surface area (Å²) in [7, 11) is 0. The molecule has 1 heterocycles. The molecule has 1 aromatic rings.